The van der Waals surface area contributed by atoms with E-state index in [9.17, 15) is 18.0 Å². The molecule has 0 saturated heterocycles. The molecule has 0 aliphatic rings. The molecule has 0 aliphatic heterocycles. The zero-order valence-electron chi connectivity index (χ0n) is 13.4. The third-order valence-corrected chi connectivity index (χ3v) is 4.60. The molecular weight excluding hydrogens is 336 g/mol. The van der Waals surface area contributed by atoms with Crippen LogP contribution >= 0.6 is 0 Å². The summed E-state index contributed by atoms with van der Waals surface area (Å²) in [5.74, 6) is -1.20. The molecule has 0 heterocycles. The van der Waals surface area contributed by atoms with Gasteiger partial charge in [-0.05, 0) is 37.1 Å². The van der Waals surface area contributed by atoms with Crippen LogP contribution in [0.4, 0.5) is 0 Å². The van der Waals surface area contributed by atoms with Gasteiger partial charge in [-0.15, -0.1) is 0 Å². The van der Waals surface area contributed by atoms with Gasteiger partial charge in [-0.25, -0.2) is 13.1 Å². The average Bonchev–Trinajstić information content (AvgIpc) is 2.54. The summed E-state index contributed by atoms with van der Waals surface area (Å²) in [6, 6.07) is 5.57. The Bertz CT molecular complexity index is 642. The van der Waals surface area contributed by atoms with Gasteiger partial charge in [-0.1, -0.05) is 0 Å². The summed E-state index contributed by atoms with van der Waals surface area (Å²) in [5, 5.41) is 11.2. The predicted octanol–water partition coefficient (Wildman–Crippen LogP) is 0.596. The van der Waals surface area contributed by atoms with E-state index in [1.54, 1.807) is 0 Å². The van der Waals surface area contributed by atoms with Gasteiger partial charge >= 0.3 is 5.97 Å². The highest BCUT2D eigenvalue weighted by Gasteiger charge is 2.14. The summed E-state index contributed by atoms with van der Waals surface area (Å²) in [5.41, 5.74) is 0.337. The van der Waals surface area contributed by atoms with Crippen molar-refractivity contribution >= 4 is 21.9 Å². The van der Waals surface area contributed by atoms with Crippen molar-refractivity contribution in [3.63, 3.8) is 0 Å². The number of sulfonamides is 1. The summed E-state index contributed by atoms with van der Waals surface area (Å²) >= 11 is 0. The topological polar surface area (TPSA) is 122 Å². The standard InChI is InChI=1S/C15H22N2O6S/c1-23-11-10-17-24(21,22)13-7-5-12(6-8-13)15(20)16-9-3-2-4-14(18)19/h5-8,17H,2-4,9-11H2,1H3,(H,16,20)(H,18,19). The fourth-order valence-corrected chi connectivity index (χ4v) is 2.87. The van der Waals surface area contributed by atoms with Crippen LogP contribution in [-0.4, -0.2) is 52.2 Å². The fraction of sp³-hybridized carbons (Fsp3) is 0.467. The molecule has 134 valence electrons. The van der Waals surface area contributed by atoms with Crippen molar-refractivity contribution in [2.75, 3.05) is 26.8 Å². The van der Waals surface area contributed by atoms with Crippen LogP contribution in [0.25, 0.3) is 0 Å². The Labute approximate surface area is 141 Å². The van der Waals surface area contributed by atoms with Gasteiger partial charge in [0, 0.05) is 32.2 Å². The lowest BCUT2D eigenvalue weighted by Crippen LogP contribution is -2.27. The number of carbonyl (C=O) groups is 2. The first-order valence-corrected chi connectivity index (χ1v) is 8.94. The number of carboxylic acid groups (broad SMARTS) is 1. The van der Waals surface area contributed by atoms with Gasteiger partial charge < -0.3 is 15.2 Å². The summed E-state index contributed by atoms with van der Waals surface area (Å²) in [6.07, 6.45) is 1.12. The first-order chi connectivity index (χ1) is 11.4. The van der Waals surface area contributed by atoms with Gasteiger partial charge in [0.05, 0.1) is 11.5 Å². The number of amides is 1. The lowest BCUT2D eigenvalue weighted by atomic mass is 10.2. The molecule has 9 heteroatoms. The molecule has 24 heavy (non-hydrogen) atoms. The highest BCUT2D eigenvalue weighted by atomic mass is 32.2. The summed E-state index contributed by atoms with van der Waals surface area (Å²) < 4.78 is 31.1. The van der Waals surface area contributed by atoms with Crippen molar-refractivity contribution in [3.05, 3.63) is 29.8 Å². The van der Waals surface area contributed by atoms with Crippen molar-refractivity contribution < 1.29 is 27.9 Å². The van der Waals surface area contributed by atoms with Gasteiger partial charge in [0.1, 0.15) is 0 Å². The van der Waals surface area contributed by atoms with E-state index >= 15 is 0 Å². The maximum absolute atomic E-state index is 12.0. The van der Waals surface area contributed by atoms with Crippen LogP contribution in [0.2, 0.25) is 0 Å². The zero-order valence-corrected chi connectivity index (χ0v) is 14.3. The molecule has 0 radical (unpaired) electrons. The molecule has 0 saturated carbocycles. The maximum Gasteiger partial charge on any atom is 0.303 e. The molecule has 1 rings (SSSR count). The largest absolute Gasteiger partial charge is 0.481 e. The predicted molar refractivity (Wildman–Crippen MR) is 87.3 cm³/mol. The lowest BCUT2D eigenvalue weighted by Gasteiger charge is -2.08. The quantitative estimate of drug-likeness (QED) is 0.498. The van der Waals surface area contributed by atoms with Gasteiger partial charge in [-0.2, -0.15) is 0 Å². The summed E-state index contributed by atoms with van der Waals surface area (Å²) in [7, 11) is -2.15. The molecule has 3 N–H and O–H groups in total. The minimum atomic E-state index is -3.62. The van der Waals surface area contributed by atoms with Crippen LogP contribution in [0.1, 0.15) is 29.6 Å². The van der Waals surface area contributed by atoms with Crippen molar-refractivity contribution in [2.45, 2.75) is 24.2 Å². The van der Waals surface area contributed by atoms with Crippen molar-refractivity contribution in [1.29, 1.82) is 0 Å². The molecule has 1 aromatic rings. The van der Waals surface area contributed by atoms with Gasteiger partial charge in [0.2, 0.25) is 10.0 Å². The van der Waals surface area contributed by atoms with E-state index in [1.165, 1.54) is 31.4 Å². The molecule has 0 spiro atoms. The van der Waals surface area contributed by atoms with Crippen LogP contribution in [0.3, 0.4) is 0 Å². The second-order valence-corrected chi connectivity index (χ2v) is 6.79. The second-order valence-electron chi connectivity index (χ2n) is 5.02. The van der Waals surface area contributed by atoms with Gasteiger partial charge in [-0.3, -0.25) is 9.59 Å². The Hall–Kier alpha value is -1.97. The molecule has 0 fully saturated rings. The Balaban J connectivity index is 2.51. The second kappa shape index (κ2) is 10.0. The van der Waals surface area contributed by atoms with E-state index in [-0.39, 0.29) is 30.4 Å². The highest BCUT2D eigenvalue weighted by Crippen LogP contribution is 2.10. The molecule has 0 aromatic heterocycles. The number of rotatable bonds is 11. The molecule has 1 aromatic carbocycles. The average molecular weight is 358 g/mol. The smallest absolute Gasteiger partial charge is 0.303 e. The lowest BCUT2D eigenvalue weighted by molar-refractivity contribution is -0.137. The van der Waals surface area contributed by atoms with Gasteiger partial charge in [0.15, 0.2) is 0 Å². The highest BCUT2D eigenvalue weighted by molar-refractivity contribution is 7.89. The maximum atomic E-state index is 12.0. The first-order valence-electron chi connectivity index (χ1n) is 7.45. The van der Waals surface area contributed by atoms with Crippen molar-refractivity contribution in [1.82, 2.24) is 10.0 Å². The minimum absolute atomic E-state index is 0.0663. The molecule has 0 atom stereocenters. The van der Waals surface area contributed by atoms with Gasteiger partial charge in [0.25, 0.3) is 5.91 Å². The molecular formula is C15H22N2O6S. The molecule has 8 nitrogen and oxygen atoms in total. The van der Waals surface area contributed by atoms with E-state index in [0.717, 1.165) is 0 Å². The van der Waals surface area contributed by atoms with E-state index in [0.29, 0.717) is 24.9 Å². The number of ether oxygens (including phenoxy) is 1. The van der Waals surface area contributed by atoms with E-state index in [4.69, 9.17) is 9.84 Å². The van der Waals surface area contributed by atoms with E-state index in [2.05, 4.69) is 10.0 Å². The van der Waals surface area contributed by atoms with Crippen LogP contribution in [0, 0.1) is 0 Å². The first kappa shape index (κ1) is 20.1. The third-order valence-electron chi connectivity index (χ3n) is 3.13. The molecule has 0 unspecified atom stereocenters. The molecule has 0 bridgehead atoms. The Morgan fingerprint density at radius 1 is 1.12 bits per heavy atom. The fourth-order valence-electron chi connectivity index (χ4n) is 1.85. The van der Waals surface area contributed by atoms with Crippen molar-refractivity contribution in [3.8, 4) is 0 Å². The number of hydrogen-bond donors (Lipinski definition) is 3. The van der Waals surface area contributed by atoms with E-state index in [1.807, 2.05) is 0 Å². The SMILES string of the molecule is COCCNS(=O)(=O)c1ccc(C(=O)NCCCCC(=O)O)cc1. The zero-order chi connectivity index (χ0) is 18.0. The number of carboxylic acids is 1. The number of benzene rings is 1. The summed E-state index contributed by atoms with van der Waals surface area (Å²) in [6.45, 7) is 0.795. The number of unbranched alkanes of at least 4 members (excludes halogenated alkanes) is 1. The van der Waals surface area contributed by atoms with Crippen LogP contribution in [-0.2, 0) is 19.6 Å². The van der Waals surface area contributed by atoms with E-state index < -0.39 is 16.0 Å². The third kappa shape index (κ3) is 7.07. The normalized spacial score (nSPS) is 11.2. The Morgan fingerprint density at radius 2 is 1.79 bits per heavy atom. The molecule has 1 amide bonds. The monoisotopic (exact) mass is 358 g/mol. The Kier molecular flexibility index (Phi) is 8.37. The molecule has 0 aliphatic carbocycles. The number of nitrogens with one attached hydrogen (secondary N) is 2. The minimum Gasteiger partial charge on any atom is -0.481 e. The van der Waals surface area contributed by atoms with Crippen molar-refractivity contribution in [2.24, 2.45) is 0 Å². The van der Waals surface area contributed by atoms with Crippen LogP contribution < -0.4 is 10.0 Å². The van der Waals surface area contributed by atoms with Crippen LogP contribution in [0.15, 0.2) is 29.2 Å². The number of hydrogen-bond acceptors (Lipinski definition) is 5. The number of methoxy groups -OCH3 is 1. The Morgan fingerprint density at radius 3 is 2.38 bits per heavy atom. The number of carbonyl (C=O) groups excluding carboxylic acids is 1. The number of aliphatic carboxylic acids is 1. The van der Waals surface area contributed by atoms with Crippen LogP contribution in [0.5, 0.6) is 0 Å². The summed E-state index contributed by atoms with van der Waals surface area (Å²) in [4.78, 5) is 22.3.